The van der Waals surface area contributed by atoms with Crippen molar-refractivity contribution in [1.82, 2.24) is 20.3 Å². The fourth-order valence-electron chi connectivity index (χ4n) is 4.29. The van der Waals surface area contributed by atoms with Gasteiger partial charge in [-0.15, -0.1) is 0 Å². The molecule has 0 bridgehead atoms. The number of aromatic nitrogens is 3. The maximum Gasteiger partial charge on any atom is 0.227 e. The van der Waals surface area contributed by atoms with Gasteiger partial charge in [0.25, 0.3) is 0 Å². The normalized spacial score (nSPS) is 15.9. The van der Waals surface area contributed by atoms with Crippen LogP contribution in [0.1, 0.15) is 51.5 Å². The molecule has 1 aliphatic heterocycles. The van der Waals surface area contributed by atoms with Crippen molar-refractivity contribution in [3.8, 4) is 5.75 Å². The number of amides is 1. The van der Waals surface area contributed by atoms with Crippen LogP contribution in [-0.2, 0) is 4.79 Å². The highest BCUT2D eigenvalue weighted by Gasteiger charge is 2.20. The fourth-order valence-corrected chi connectivity index (χ4v) is 4.29. The summed E-state index contributed by atoms with van der Waals surface area (Å²) in [5.74, 6) is 3.01. The van der Waals surface area contributed by atoms with E-state index in [0.717, 1.165) is 42.3 Å². The molecule has 1 saturated heterocycles. The topological polar surface area (TPSA) is 112 Å². The monoisotopic (exact) mass is 478 g/mol. The van der Waals surface area contributed by atoms with Gasteiger partial charge in [0.05, 0.1) is 12.7 Å². The fraction of sp³-hybridized carbons (Fsp3) is 0.462. The number of fused-ring (bicyclic) bond motifs is 1. The predicted molar refractivity (Wildman–Crippen MR) is 137 cm³/mol. The molecule has 0 saturated carbocycles. The van der Waals surface area contributed by atoms with Gasteiger partial charge in [-0.1, -0.05) is 19.9 Å². The SMILES string of the molecule is CC(=O)NCCCOc1ccc(C(C)C)c2cc(Nc3ccnc(N4CCCC(O)C4)n3)ncc12. The molecule has 3 aromatic rings. The molecule has 35 heavy (non-hydrogen) atoms. The highest BCUT2D eigenvalue weighted by molar-refractivity contribution is 5.92. The van der Waals surface area contributed by atoms with E-state index >= 15 is 0 Å². The van der Waals surface area contributed by atoms with Gasteiger partial charge in [0, 0.05) is 44.3 Å². The number of carbonyl (C=O) groups is 1. The molecule has 0 spiro atoms. The van der Waals surface area contributed by atoms with Crippen LogP contribution in [-0.4, -0.2) is 58.3 Å². The maximum atomic E-state index is 11.0. The first-order valence-corrected chi connectivity index (χ1v) is 12.2. The number of ether oxygens (including phenoxy) is 1. The number of aliphatic hydroxyl groups excluding tert-OH is 1. The highest BCUT2D eigenvalue weighted by atomic mass is 16.5. The third kappa shape index (κ3) is 6.36. The van der Waals surface area contributed by atoms with Gasteiger partial charge in [0.2, 0.25) is 11.9 Å². The first-order valence-electron chi connectivity index (χ1n) is 12.2. The molecule has 1 unspecified atom stereocenters. The summed E-state index contributed by atoms with van der Waals surface area (Å²) in [5.41, 5.74) is 1.21. The standard InChI is InChI=1S/C26H34N6O3/c1-17(2)20-7-8-23(35-13-5-10-27-18(3)33)22-15-29-25(14-21(20)22)30-24-9-11-28-26(31-24)32-12-4-6-19(34)16-32/h7-9,11,14-15,17,19,34H,4-6,10,12-13,16H2,1-3H3,(H,27,33)(H,28,29,30,31). The van der Waals surface area contributed by atoms with Crippen LogP contribution in [0.25, 0.3) is 10.8 Å². The molecule has 1 amide bonds. The van der Waals surface area contributed by atoms with Crippen molar-refractivity contribution in [2.75, 3.05) is 36.5 Å². The number of rotatable bonds is 9. The number of β-amino-alcohol motifs (C(OH)–C–C–N with tert-alkyl or cyclic N) is 1. The molecular weight excluding hydrogens is 444 g/mol. The number of nitrogens with zero attached hydrogens (tertiary/aromatic N) is 4. The van der Waals surface area contributed by atoms with Crippen molar-refractivity contribution in [2.45, 2.75) is 52.1 Å². The number of nitrogens with one attached hydrogen (secondary N) is 2. The number of aliphatic hydroxyl groups is 1. The molecule has 186 valence electrons. The van der Waals surface area contributed by atoms with Gasteiger partial charge in [-0.05, 0) is 54.3 Å². The summed E-state index contributed by atoms with van der Waals surface area (Å²) in [6.45, 7) is 8.31. The summed E-state index contributed by atoms with van der Waals surface area (Å²) >= 11 is 0. The van der Waals surface area contributed by atoms with E-state index in [-0.39, 0.29) is 12.0 Å². The molecule has 9 nitrogen and oxygen atoms in total. The minimum Gasteiger partial charge on any atom is -0.493 e. The van der Waals surface area contributed by atoms with E-state index < -0.39 is 0 Å². The second-order valence-corrected chi connectivity index (χ2v) is 9.22. The molecule has 3 heterocycles. The summed E-state index contributed by atoms with van der Waals surface area (Å²) in [7, 11) is 0. The van der Waals surface area contributed by atoms with Gasteiger partial charge in [-0.25, -0.2) is 9.97 Å². The second-order valence-electron chi connectivity index (χ2n) is 9.22. The molecule has 1 aliphatic rings. The minimum absolute atomic E-state index is 0.0368. The van der Waals surface area contributed by atoms with E-state index in [2.05, 4.69) is 45.5 Å². The van der Waals surface area contributed by atoms with Crippen LogP contribution in [0.2, 0.25) is 0 Å². The molecule has 1 aromatic carbocycles. The zero-order valence-corrected chi connectivity index (χ0v) is 20.6. The minimum atomic E-state index is -0.345. The Morgan fingerprint density at radius 3 is 2.86 bits per heavy atom. The predicted octanol–water partition coefficient (Wildman–Crippen LogP) is 3.76. The van der Waals surface area contributed by atoms with E-state index in [1.165, 1.54) is 12.5 Å². The number of benzene rings is 1. The van der Waals surface area contributed by atoms with Gasteiger partial charge >= 0.3 is 0 Å². The van der Waals surface area contributed by atoms with E-state index in [4.69, 9.17) is 4.74 Å². The van der Waals surface area contributed by atoms with Crippen LogP contribution in [0, 0.1) is 0 Å². The van der Waals surface area contributed by atoms with E-state index in [1.54, 1.807) is 6.20 Å². The van der Waals surface area contributed by atoms with Crippen LogP contribution >= 0.6 is 0 Å². The van der Waals surface area contributed by atoms with Gasteiger partial charge in [0.1, 0.15) is 17.4 Å². The number of pyridine rings is 1. The number of anilines is 3. The molecule has 0 radical (unpaired) electrons. The zero-order chi connectivity index (χ0) is 24.8. The number of piperidine rings is 1. The lowest BCUT2D eigenvalue weighted by Crippen LogP contribution is -2.39. The van der Waals surface area contributed by atoms with Crippen molar-refractivity contribution in [3.63, 3.8) is 0 Å². The molecule has 4 rings (SSSR count). The molecular formula is C26H34N6O3. The average Bonchev–Trinajstić information content (AvgIpc) is 2.83. The Kier molecular flexibility index (Phi) is 7.97. The molecule has 0 aliphatic carbocycles. The number of hydrogen-bond donors (Lipinski definition) is 3. The zero-order valence-electron chi connectivity index (χ0n) is 20.6. The molecule has 3 N–H and O–H groups in total. The van der Waals surface area contributed by atoms with Crippen LogP contribution in [0.15, 0.2) is 36.7 Å². The van der Waals surface area contributed by atoms with Crippen LogP contribution in [0.5, 0.6) is 5.75 Å². The summed E-state index contributed by atoms with van der Waals surface area (Å²) in [6, 6.07) is 7.94. The molecule has 2 aromatic heterocycles. The summed E-state index contributed by atoms with van der Waals surface area (Å²) in [5, 5.41) is 18.1. The third-order valence-electron chi connectivity index (χ3n) is 6.05. The van der Waals surface area contributed by atoms with E-state index in [1.807, 2.05) is 29.3 Å². The molecule has 9 heteroatoms. The van der Waals surface area contributed by atoms with Gasteiger partial charge < -0.3 is 25.4 Å². The first kappa shape index (κ1) is 24.7. The molecule has 1 fully saturated rings. The number of carbonyl (C=O) groups excluding carboxylic acids is 1. The van der Waals surface area contributed by atoms with Gasteiger partial charge in [-0.3, -0.25) is 4.79 Å². The summed E-state index contributed by atoms with van der Waals surface area (Å²) in [6.07, 6.45) is 5.67. The van der Waals surface area contributed by atoms with E-state index in [9.17, 15) is 9.90 Å². The largest absolute Gasteiger partial charge is 0.493 e. The Morgan fingerprint density at radius 1 is 1.23 bits per heavy atom. The van der Waals surface area contributed by atoms with E-state index in [0.29, 0.717) is 43.2 Å². The highest BCUT2D eigenvalue weighted by Crippen LogP contribution is 2.34. The Hall–Kier alpha value is -3.46. The Morgan fingerprint density at radius 2 is 2.09 bits per heavy atom. The lowest BCUT2D eigenvalue weighted by Gasteiger charge is -2.30. The summed E-state index contributed by atoms with van der Waals surface area (Å²) < 4.78 is 6.03. The second kappa shape index (κ2) is 11.3. The average molecular weight is 479 g/mol. The lowest BCUT2D eigenvalue weighted by molar-refractivity contribution is -0.118. The lowest BCUT2D eigenvalue weighted by atomic mass is 9.96. The van der Waals surface area contributed by atoms with Crippen molar-refractivity contribution in [1.29, 1.82) is 0 Å². The van der Waals surface area contributed by atoms with Crippen molar-refractivity contribution >= 4 is 34.3 Å². The van der Waals surface area contributed by atoms with Gasteiger partial charge in [-0.2, -0.15) is 4.98 Å². The smallest absolute Gasteiger partial charge is 0.227 e. The quantitative estimate of drug-likeness (QED) is 0.399. The Labute approximate surface area is 205 Å². The number of hydrogen-bond acceptors (Lipinski definition) is 8. The van der Waals surface area contributed by atoms with Crippen molar-refractivity contribution < 1.29 is 14.6 Å². The molecule has 1 atom stereocenters. The Bertz CT molecular complexity index is 1170. The van der Waals surface area contributed by atoms with Gasteiger partial charge in [0.15, 0.2) is 0 Å². The first-order chi connectivity index (χ1) is 16.9. The van der Waals surface area contributed by atoms with Crippen LogP contribution in [0.3, 0.4) is 0 Å². The van der Waals surface area contributed by atoms with Crippen LogP contribution < -0.4 is 20.3 Å². The van der Waals surface area contributed by atoms with Crippen molar-refractivity contribution in [3.05, 3.63) is 42.2 Å². The Balaban J connectivity index is 1.54. The maximum absolute atomic E-state index is 11.0. The van der Waals surface area contributed by atoms with Crippen molar-refractivity contribution in [2.24, 2.45) is 0 Å². The summed E-state index contributed by atoms with van der Waals surface area (Å²) in [4.78, 5) is 26.7. The third-order valence-corrected chi connectivity index (χ3v) is 6.05. The van der Waals surface area contributed by atoms with Crippen LogP contribution in [0.4, 0.5) is 17.6 Å².